The summed E-state index contributed by atoms with van der Waals surface area (Å²) in [5.41, 5.74) is 18.8. The van der Waals surface area contributed by atoms with Gasteiger partial charge in [0.25, 0.3) is 0 Å². The molecule has 50 heavy (non-hydrogen) atoms. The first-order valence-corrected chi connectivity index (χ1v) is 17.8. The third-order valence-electron chi connectivity index (χ3n) is 11.8. The highest BCUT2D eigenvalue weighted by Gasteiger charge is 2.45. The highest BCUT2D eigenvalue weighted by Crippen LogP contribution is 2.59. The van der Waals surface area contributed by atoms with Crippen LogP contribution in [0.25, 0.3) is 77.2 Å². The van der Waals surface area contributed by atoms with Crippen molar-refractivity contribution >= 4 is 21.5 Å². The molecule has 0 heteroatoms. The minimum atomic E-state index is -0.0927. The summed E-state index contributed by atoms with van der Waals surface area (Å²) in [7, 11) is 0. The van der Waals surface area contributed by atoms with E-state index in [9.17, 15) is 0 Å². The molecule has 0 atom stereocenters. The molecular formula is C50H38. The molecular weight excluding hydrogens is 601 g/mol. The van der Waals surface area contributed by atoms with Crippen LogP contribution in [0.3, 0.4) is 0 Å². The lowest BCUT2D eigenvalue weighted by Gasteiger charge is -2.30. The molecule has 0 aliphatic heterocycles. The number of fused-ring (bicyclic) bond motifs is 9. The Kier molecular flexibility index (Phi) is 6.07. The van der Waals surface area contributed by atoms with Gasteiger partial charge in [-0.2, -0.15) is 0 Å². The second-order valence-electron chi connectivity index (χ2n) is 15.4. The molecule has 0 bridgehead atoms. The van der Waals surface area contributed by atoms with Gasteiger partial charge >= 0.3 is 0 Å². The molecule has 2 aliphatic carbocycles. The van der Waals surface area contributed by atoms with Crippen LogP contribution in [0.5, 0.6) is 0 Å². The Morgan fingerprint density at radius 2 is 0.660 bits per heavy atom. The molecule has 0 amide bonds. The molecule has 0 N–H and O–H groups in total. The molecule has 8 aromatic carbocycles. The van der Waals surface area contributed by atoms with Gasteiger partial charge < -0.3 is 0 Å². The summed E-state index contributed by atoms with van der Waals surface area (Å²) in [6.07, 6.45) is 0. The Morgan fingerprint density at radius 3 is 1.28 bits per heavy atom. The third kappa shape index (κ3) is 4.18. The van der Waals surface area contributed by atoms with Crippen molar-refractivity contribution < 1.29 is 0 Å². The minimum absolute atomic E-state index is 0.0302. The predicted octanol–water partition coefficient (Wildman–Crippen LogP) is 13.6. The fourth-order valence-corrected chi connectivity index (χ4v) is 9.19. The Bertz CT molecular complexity index is 2680. The second-order valence-corrected chi connectivity index (χ2v) is 15.4. The van der Waals surface area contributed by atoms with Gasteiger partial charge in [-0.05, 0) is 124 Å². The van der Waals surface area contributed by atoms with E-state index in [-0.39, 0.29) is 10.8 Å². The van der Waals surface area contributed by atoms with Crippen LogP contribution in [0, 0.1) is 0 Å². The van der Waals surface area contributed by atoms with Crippen molar-refractivity contribution in [2.75, 3.05) is 0 Å². The van der Waals surface area contributed by atoms with Gasteiger partial charge in [0.05, 0.1) is 0 Å². The van der Waals surface area contributed by atoms with Gasteiger partial charge in [-0.15, -0.1) is 0 Å². The fraction of sp³-hybridized carbons (Fsp3) is 0.120. The molecule has 0 aromatic heterocycles. The molecule has 238 valence electrons. The summed E-state index contributed by atoms with van der Waals surface area (Å²) in [5, 5.41) is 5.07. The summed E-state index contributed by atoms with van der Waals surface area (Å²) in [4.78, 5) is 0. The zero-order valence-electron chi connectivity index (χ0n) is 29.0. The zero-order valence-corrected chi connectivity index (χ0v) is 29.0. The molecule has 8 aromatic rings. The Balaban J connectivity index is 0.959. The van der Waals surface area contributed by atoms with Gasteiger partial charge in [-0.25, -0.2) is 0 Å². The lowest BCUT2D eigenvalue weighted by Crippen LogP contribution is -2.24. The van der Waals surface area contributed by atoms with Crippen LogP contribution in [0.4, 0.5) is 0 Å². The van der Waals surface area contributed by atoms with Crippen LogP contribution in [0.15, 0.2) is 158 Å². The van der Waals surface area contributed by atoms with E-state index in [1.54, 1.807) is 0 Å². The molecule has 0 nitrogen and oxygen atoms in total. The first kappa shape index (κ1) is 29.2. The molecule has 0 fully saturated rings. The lowest BCUT2D eigenvalue weighted by atomic mass is 9.72. The average molecular weight is 639 g/mol. The van der Waals surface area contributed by atoms with Crippen molar-refractivity contribution in [3.63, 3.8) is 0 Å². The first-order chi connectivity index (χ1) is 24.3. The normalized spacial score (nSPS) is 14.7. The number of benzene rings is 8. The highest BCUT2D eigenvalue weighted by molar-refractivity contribution is 5.94. The Labute approximate surface area is 294 Å². The maximum Gasteiger partial charge on any atom is 0.0162 e. The maximum absolute atomic E-state index is 2.45. The summed E-state index contributed by atoms with van der Waals surface area (Å²) in [5.74, 6) is 0. The number of rotatable bonds is 3. The SMILES string of the molecule is CC1(C)c2ccccc2-c2ccc3c(c21)C(C)(C)c1cc(-c2ccc(-c4ccc5cc(-c6ccc7ccccc7c6)ccc5c4)cc2)ccc1-3. The monoisotopic (exact) mass is 638 g/mol. The highest BCUT2D eigenvalue weighted by atomic mass is 14.5. The standard InChI is InChI=1S/C50H38/c1-49(2)45-12-8-7-11-41(45)43-25-26-44-42-24-23-40(30-46(42)50(3,4)48(44)47(43)49)33-15-13-32(14-16-33)35-19-20-38-29-39(22-21-37(38)28-35)36-18-17-31-9-5-6-10-34(31)27-36/h5-30H,1-4H3. The van der Waals surface area contributed by atoms with Crippen molar-refractivity contribution in [3.8, 4) is 55.6 Å². The van der Waals surface area contributed by atoms with Crippen molar-refractivity contribution in [1.29, 1.82) is 0 Å². The quantitative estimate of drug-likeness (QED) is 0.181. The molecule has 0 heterocycles. The molecule has 0 radical (unpaired) electrons. The van der Waals surface area contributed by atoms with Crippen LogP contribution in [0.2, 0.25) is 0 Å². The molecule has 0 spiro atoms. The van der Waals surface area contributed by atoms with Gasteiger partial charge in [0.1, 0.15) is 0 Å². The summed E-state index contributed by atoms with van der Waals surface area (Å²) < 4.78 is 0. The van der Waals surface area contributed by atoms with Crippen LogP contribution in [0.1, 0.15) is 49.9 Å². The van der Waals surface area contributed by atoms with Crippen LogP contribution < -0.4 is 0 Å². The van der Waals surface area contributed by atoms with Gasteiger partial charge in [-0.1, -0.05) is 161 Å². The van der Waals surface area contributed by atoms with Crippen molar-refractivity contribution in [2.24, 2.45) is 0 Å². The van der Waals surface area contributed by atoms with Crippen LogP contribution in [-0.4, -0.2) is 0 Å². The van der Waals surface area contributed by atoms with Crippen molar-refractivity contribution in [1.82, 2.24) is 0 Å². The van der Waals surface area contributed by atoms with Gasteiger partial charge in [0.2, 0.25) is 0 Å². The second kappa shape index (κ2) is 10.4. The number of hydrogen-bond acceptors (Lipinski definition) is 0. The van der Waals surface area contributed by atoms with Gasteiger partial charge in [-0.3, -0.25) is 0 Å². The lowest BCUT2D eigenvalue weighted by molar-refractivity contribution is 0.601. The van der Waals surface area contributed by atoms with Crippen molar-refractivity contribution in [2.45, 2.75) is 38.5 Å². The summed E-state index contributed by atoms with van der Waals surface area (Å²) in [6, 6.07) is 59.0. The van der Waals surface area contributed by atoms with Crippen LogP contribution in [-0.2, 0) is 10.8 Å². The van der Waals surface area contributed by atoms with E-state index in [1.165, 1.54) is 99.4 Å². The van der Waals surface area contributed by atoms with E-state index >= 15 is 0 Å². The fourth-order valence-electron chi connectivity index (χ4n) is 9.19. The third-order valence-corrected chi connectivity index (χ3v) is 11.8. The molecule has 2 aliphatic rings. The maximum atomic E-state index is 2.45. The predicted molar refractivity (Wildman–Crippen MR) is 213 cm³/mol. The zero-order chi connectivity index (χ0) is 33.8. The molecule has 0 saturated carbocycles. The summed E-state index contributed by atoms with van der Waals surface area (Å²) in [6.45, 7) is 9.66. The molecule has 10 rings (SSSR count). The number of hydrogen-bond donors (Lipinski definition) is 0. The van der Waals surface area contributed by atoms with Gasteiger partial charge in [0, 0.05) is 10.8 Å². The molecule has 0 unspecified atom stereocenters. The van der Waals surface area contributed by atoms with E-state index in [1.807, 2.05) is 0 Å². The van der Waals surface area contributed by atoms with E-state index in [0.29, 0.717) is 0 Å². The van der Waals surface area contributed by atoms with E-state index in [2.05, 4.69) is 185 Å². The Morgan fingerprint density at radius 1 is 0.280 bits per heavy atom. The van der Waals surface area contributed by atoms with Crippen molar-refractivity contribution in [3.05, 3.63) is 180 Å². The molecule has 0 saturated heterocycles. The van der Waals surface area contributed by atoms with Crippen LogP contribution >= 0.6 is 0 Å². The largest absolute Gasteiger partial charge is 0.0619 e. The van der Waals surface area contributed by atoms with E-state index in [0.717, 1.165) is 0 Å². The van der Waals surface area contributed by atoms with E-state index in [4.69, 9.17) is 0 Å². The minimum Gasteiger partial charge on any atom is -0.0619 e. The first-order valence-electron chi connectivity index (χ1n) is 17.8. The average Bonchev–Trinajstić information content (AvgIpc) is 3.53. The van der Waals surface area contributed by atoms with Gasteiger partial charge in [0.15, 0.2) is 0 Å². The topological polar surface area (TPSA) is 0 Å². The Hall–Kier alpha value is -5.72. The van der Waals surface area contributed by atoms with E-state index < -0.39 is 0 Å². The smallest absolute Gasteiger partial charge is 0.0162 e. The summed E-state index contributed by atoms with van der Waals surface area (Å²) >= 11 is 0.